The summed E-state index contributed by atoms with van der Waals surface area (Å²) >= 11 is 3.42. The summed E-state index contributed by atoms with van der Waals surface area (Å²) in [6, 6.07) is 19.3. The van der Waals surface area contributed by atoms with E-state index in [4.69, 9.17) is 14.8 Å². The summed E-state index contributed by atoms with van der Waals surface area (Å²) < 4.78 is 8.11. The molecule has 0 unspecified atom stereocenters. The molecule has 178 valence electrons. The second-order valence-electron chi connectivity index (χ2n) is 9.04. The average Bonchev–Trinajstić information content (AvgIpc) is 2.82. The second-order valence-corrected chi connectivity index (χ2v) is 9.95. The molecule has 0 aliphatic rings. The number of hydrogen-bond donors (Lipinski definition) is 1. The van der Waals surface area contributed by atoms with E-state index < -0.39 is 11.4 Å². The first-order valence-corrected chi connectivity index (χ1v) is 11.7. The van der Waals surface area contributed by atoms with Gasteiger partial charge in [0.05, 0.1) is 22.7 Å². The van der Waals surface area contributed by atoms with Crippen LogP contribution < -0.4 is 10.3 Å². The molecule has 4 aromatic rings. The predicted molar refractivity (Wildman–Crippen MR) is 140 cm³/mol. The summed E-state index contributed by atoms with van der Waals surface area (Å²) in [7, 11) is 0. The van der Waals surface area contributed by atoms with Gasteiger partial charge in [0.15, 0.2) is 0 Å². The number of aromatic nitrogens is 2. The van der Waals surface area contributed by atoms with Gasteiger partial charge in [0.25, 0.3) is 5.56 Å². The Balaban J connectivity index is 1.68. The van der Waals surface area contributed by atoms with E-state index in [0.717, 1.165) is 10.0 Å². The number of carbonyl (C=O) groups is 1. The van der Waals surface area contributed by atoms with Crippen LogP contribution in [0.4, 0.5) is 0 Å². The minimum Gasteiger partial charge on any atom is -0.488 e. The Morgan fingerprint density at radius 3 is 2.51 bits per heavy atom. The van der Waals surface area contributed by atoms with Gasteiger partial charge in [0, 0.05) is 15.5 Å². The lowest BCUT2D eigenvalue weighted by Gasteiger charge is -2.21. The van der Waals surface area contributed by atoms with Gasteiger partial charge in [-0.1, -0.05) is 61.0 Å². The Hall–Kier alpha value is -3.78. The molecular weight excluding hydrogens is 510 g/mol. The quantitative estimate of drug-likeness (QED) is 0.325. The molecule has 4 rings (SSSR count). The number of carboxylic acid groups (broad SMARTS) is 1. The van der Waals surface area contributed by atoms with Crippen molar-refractivity contribution in [3.05, 3.63) is 104 Å². The molecule has 7 nitrogen and oxygen atoms in total. The van der Waals surface area contributed by atoms with Crippen molar-refractivity contribution in [2.75, 3.05) is 0 Å². The number of hydrogen-bond acceptors (Lipinski definition) is 5. The molecule has 8 heteroatoms. The standard InChI is InChI=1S/C27H24BrN3O4/c1-27(2,3)26-30-22-13-12-20(28)14-21(22)24(32)31(26)29-15-19-6-4-5-7-23(19)35-16-17-8-10-18(11-9-17)25(33)34/h4-15H,16H2,1-3H3,(H,33,34). The Morgan fingerprint density at radius 1 is 1.11 bits per heavy atom. The summed E-state index contributed by atoms with van der Waals surface area (Å²) in [5, 5.41) is 14.1. The zero-order valence-corrected chi connectivity index (χ0v) is 21.1. The molecule has 0 radical (unpaired) electrons. The number of ether oxygens (including phenoxy) is 1. The molecule has 0 saturated carbocycles. The number of nitrogens with zero attached hydrogens (tertiary/aromatic N) is 3. The molecule has 35 heavy (non-hydrogen) atoms. The van der Waals surface area contributed by atoms with Crippen LogP contribution in [0.5, 0.6) is 5.75 Å². The van der Waals surface area contributed by atoms with Crippen LogP contribution in [0.15, 0.2) is 81.1 Å². The van der Waals surface area contributed by atoms with Gasteiger partial charge < -0.3 is 9.84 Å². The molecule has 0 bridgehead atoms. The van der Waals surface area contributed by atoms with Crippen molar-refractivity contribution < 1.29 is 14.6 Å². The maximum atomic E-state index is 13.4. The smallest absolute Gasteiger partial charge is 0.335 e. The number of aromatic carboxylic acids is 1. The predicted octanol–water partition coefficient (Wildman–Crippen LogP) is 5.62. The van der Waals surface area contributed by atoms with E-state index in [-0.39, 0.29) is 17.7 Å². The van der Waals surface area contributed by atoms with Crippen LogP contribution in [0.3, 0.4) is 0 Å². The van der Waals surface area contributed by atoms with Crippen LogP contribution in [-0.2, 0) is 12.0 Å². The fourth-order valence-corrected chi connectivity index (χ4v) is 3.85. The van der Waals surface area contributed by atoms with Gasteiger partial charge >= 0.3 is 5.97 Å². The number of carboxylic acids is 1. The lowest BCUT2D eigenvalue weighted by molar-refractivity contribution is 0.0697. The molecule has 0 amide bonds. The van der Waals surface area contributed by atoms with E-state index in [1.54, 1.807) is 36.5 Å². The van der Waals surface area contributed by atoms with E-state index in [1.807, 2.05) is 57.2 Å². The first-order chi connectivity index (χ1) is 16.6. The second kappa shape index (κ2) is 9.84. The number of fused-ring (bicyclic) bond motifs is 1. The monoisotopic (exact) mass is 533 g/mol. The Bertz CT molecular complexity index is 1490. The highest BCUT2D eigenvalue weighted by molar-refractivity contribution is 9.10. The van der Waals surface area contributed by atoms with Crippen LogP contribution >= 0.6 is 15.9 Å². The Kier molecular flexibility index (Phi) is 6.84. The fourth-order valence-electron chi connectivity index (χ4n) is 3.48. The normalized spacial score (nSPS) is 11.8. The zero-order valence-electron chi connectivity index (χ0n) is 19.5. The molecule has 0 atom stereocenters. The highest BCUT2D eigenvalue weighted by Crippen LogP contribution is 2.23. The SMILES string of the molecule is CC(C)(C)c1nc2ccc(Br)cc2c(=O)n1N=Cc1ccccc1OCc1ccc(C(=O)O)cc1. The molecule has 0 aliphatic carbocycles. The first kappa shape index (κ1) is 24.3. The largest absolute Gasteiger partial charge is 0.488 e. The van der Waals surface area contributed by atoms with Gasteiger partial charge in [-0.15, -0.1) is 0 Å². The molecule has 3 aromatic carbocycles. The van der Waals surface area contributed by atoms with E-state index in [1.165, 1.54) is 4.68 Å². The van der Waals surface area contributed by atoms with Gasteiger partial charge in [0.1, 0.15) is 18.2 Å². The average molecular weight is 534 g/mol. The molecule has 0 saturated heterocycles. The molecule has 1 aromatic heterocycles. The van der Waals surface area contributed by atoms with Gasteiger partial charge in [0.2, 0.25) is 0 Å². The zero-order chi connectivity index (χ0) is 25.2. The van der Waals surface area contributed by atoms with Gasteiger partial charge in [-0.2, -0.15) is 9.78 Å². The number of halogens is 1. The highest BCUT2D eigenvalue weighted by Gasteiger charge is 2.23. The summed E-state index contributed by atoms with van der Waals surface area (Å²) in [4.78, 5) is 29.1. The minimum atomic E-state index is -0.973. The van der Waals surface area contributed by atoms with Crippen molar-refractivity contribution in [2.24, 2.45) is 5.10 Å². The summed E-state index contributed by atoms with van der Waals surface area (Å²) in [5.41, 5.74) is 1.68. The Labute approximate surface area is 210 Å². The molecule has 0 aliphatic heterocycles. The summed E-state index contributed by atoms with van der Waals surface area (Å²) in [6.07, 6.45) is 1.59. The van der Waals surface area contributed by atoms with Crippen LogP contribution in [0.25, 0.3) is 10.9 Å². The van der Waals surface area contributed by atoms with Crippen LogP contribution in [-0.4, -0.2) is 27.0 Å². The van der Waals surface area contributed by atoms with Crippen molar-refractivity contribution >= 4 is 39.0 Å². The van der Waals surface area contributed by atoms with Crippen molar-refractivity contribution in [1.29, 1.82) is 0 Å². The maximum absolute atomic E-state index is 13.4. The molecule has 1 heterocycles. The molecule has 1 N–H and O–H groups in total. The third kappa shape index (κ3) is 5.49. The van der Waals surface area contributed by atoms with Gasteiger partial charge in [-0.05, 0) is 48.0 Å². The van der Waals surface area contributed by atoms with Gasteiger partial charge in [-0.25, -0.2) is 9.78 Å². The Morgan fingerprint density at radius 2 is 1.83 bits per heavy atom. The van der Waals surface area contributed by atoms with Crippen LogP contribution in [0, 0.1) is 0 Å². The molecule has 0 spiro atoms. The van der Waals surface area contributed by atoms with Crippen LogP contribution in [0.2, 0.25) is 0 Å². The topological polar surface area (TPSA) is 93.8 Å². The van der Waals surface area contributed by atoms with E-state index in [2.05, 4.69) is 21.0 Å². The summed E-state index contributed by atoms with van der Waals surface area (Å²) in [6.45, 7) is 6.21. The van der Waals surface area contributed by atoms with Crippen molar-refractivity contribution in [2.45, 2.75) is 32.8 Å². The summed E-state index contributed by atoms with van der Waals surface area (Å²) in [5.74, 6) is 0.158. The van der Waals surface area contributed by atoms with Gasteiger partial charge in [-0.3, -0.25) is 4.79 Å². The highest BCUT2D eigenvalue weighted by atomic mass is 79.9. The van der Waals surface area contributed by atoms with E-state index in [0.29, 0.717) is 28.0 Å². The van der Waals surface area contributed by atoms with Crippen LogP contribution in [0.1, 0.15) is 48.1 Å². The number of rotatable bonds is 6. The van der Waals surface area contributed by atoms with E-state index in [9.17, 15) is 9.59 Å². The minimum absolute atomic E-state index is 0.220. The molecular formula is C27H24BrN3O4. The van der Waals surface area contributed by atoms with Crippen molar-refractivity contribution in [1.82, 2.24) is 9.66 Å². The molecule has 0 fully saturated rings. The maximum Gasteiger partial charge on any atom is 0.335 e. The van der Waals surface area contributed by atoms with Crippen molar-refractivity contribution in [3.63, 3.8) is 0 Å². The third-order valence-corrected chi connectivity index (χ3v) is 5.80. The van der Waals surface area contributed by atoms with E-state index >= 15 is 0 Å². The lowest BCUT2D eigenvalue weighted by atomic mass is 9.95. The van der Waals surface area contributed by atoms with Crippen molar-refractivity contribution in [3.8, 4) is 5.75 Å². The number of benzene rings is 3. The third-order valence-electron chi connectivity index (χ3n) is 5.31. The number of para-hydroxylation sites is 1. The fraction of sp³-hybridized carbons (Fsp3) is 0.185. The first-order valence-electron chi connectivity index (χ1n) is 10.9. The lowest BCUT2D eigenvalue weighted by Crippen LogP contribution is -2.29.